The van der Waals surface area contributed by atoms with E-state index in [1.165, 1.54) is 0 Å². The molecule has 1 aromatic heterocycles. The summed E-state index contributed by atoms with van der Waals surface area (Å²) in [6.45, 7) is 2.57. The standard InChI is InChI=1S/C9H12N2O2S/c1-6-7(2-4-12)8(13)11-3-5-14-9(11)10-6/h12H,2-5H2,1H3. The second kappa shape index (κ2) is 3.74. The molecule has 4 nitrogen and oxygen atoms in total. The fourth-order valence-corrected chi connectivity index (χ4v) is 2.60. The molecule has 0 unspecified atom stereocenters. The van der Waals surface area contributed by atoms with Crippen LogP contribution in [-0.4, -0.2) is 27.0 Å². The predicted octanol–water partition coefficient (Wildman–Crippen LogP) is 0.192. The molecule has 2 heterocycles. The number of aryl methyl sites for hydroxylation is 1. The molecule has 0 radical (unpaired) electrons. The Kier molecular flexibility index (Phi) is 2.60. The number of thioether (sulfide) groups is 1. The summed E-state index contributed by atoms with van der Waals surface area (Å²) in [5.41, 5.74) is 1.43. The van der Waals surface area contributed by atoms with Crippen LogP contribution in [0.25, 0.3) is 0 Å². The van der Waals surface area contributed by atoms with Crippen molar-refractivity contribution in [1.82, 2.24) is 9.55 Å². The van der Waals surface area contributed by atoms with Gasteiger partial charge in [0.15, 0.2) is 5.16 Å². The van der Waals surface area contributed by atoms with Gasteiger partial charge >= 0.3 is 0 Å². The van der Waals surface area contributed by atoms with Gasteiger partial charge in [0.2, 0.25) is 0 Å². The van der Waals surface area contributed by atoms with E-state index in [1.54, 1.807) is 16.3 Å². The van der Waals surface area contributed by atoms with Crippen molar-refractivity contribution in [3.8, 4) is 0 Å². The van der Waals surface area contributed by atoms with Gasteiger partial charge < -0.3 is 5.11 Å². The molecule has 1 aliphatic rings. The van der Waals surface area contributed by atoms with Gasteiger partial charge in [0.05, 0.1) is 0 Å². The van der Waals surface area contributed by atoms with E-state index in [0.29, 0.717) is 12.0 Å². The minimum Gasteiger partial charge on any atom is -0.396 e. The summed E-state index contributed by atoms with van der Waals surface area (Å²) < 4.78 is 1.70. The van der Waals surface area contributed by atoms with E-state index in [4.69, 9.17) is 5.11 Å². The SMILES string of the molecule is Cc1nc2n(c(=O)c1CCO)CCS2. The van der Waals surface area contributed by atoms with E-state index < -0.39 is 0 Å². The molecule has 1 aromatic rings. The molecule has 1 N–H and O–H groups in total. The van der Waals surface area contributed by atoms with Crippen LogP contribution in [0.1, 0.15) is 11.3 Å². The second-order valence-corrected chi connectivity index (χ2v) is 4.30. The molecule has 0 amide bonds. The maximum Gasteiger partial charge on any atom is 0.257 e. The second-order valence-electron chi connectivity index (χ2n) is 3.24. The zero-order chi connectivity index (χ0) is 10.1. The summed E-state index contributed by atoms with van der Waals surface area (Å²) in [6.07, 6.45) is 0.405. The van der Waals surface area contributed by atoms with Crippen molar-refractivity contribution < 1.29 is 5.11 Å². The van der Waals surface area contributed by atoms with E-state index in [1.807, 2.05) is 6.92 Å². The zero-order valence-corrected chi connectivity index (χ0v) is 8.80. The van der Waals surface area contributed by atoms with E-state index >= 15 is 0 Å². The number of hydrogen-bond acceptors (Lipinski definition) is 4. The fraction of sp³-hybridized carbons (Fsp3) is 0.556. The minimum absolute atomic E-state index is 0.00422. The van der Waals surface area contributed by atoms with Crippen LogP contribution in [0.15, 0.2) is 9.95 Å². The predicted molar refractivity (Wildman–Crippen MR) is 54.7 cm³/mol. The molecule has 1 aliphatic heterocycles. The van der Waals surface area contributed by atoms with Crippen molar-refractivity contribution in [2.45, 2.75) is 25.0 Å². The highest BCUT2D eigenvalue weighted by atomic mass is 32.2. The topological polar surface area (TPSA) is 55.1 Å². The van der Waals surface area contributed by atoms with Crippen LogP contribution >= 0.6 is 11.8 Å². The van der Waals surface area contributed by atoms with Gasteiger partial charge in [-0.25, -0.2) is 4.98 Å². The van der Waals surface area contributed by atoms with Crippen molar-refractivity contribution in [3.05, 3.63) is 21.6 Å². The summed E-state index contributed by atoms with van der Waals surface area (Å²) >= 11 is 1.61. The minimum atomic E-state index is 0.00422. The highest BCUT2D eigenvalue weighted by Crippen LogP contribution is 2.21. The van der Waals surface area contributed by atoms with Crippen LogP contribution in [0.4, 0.5) is 0 Å². The molecule has 14 heavy (non-hydrogen) atoms. The largest absolute Gasteiger partial charge is 0.396 e. The first-order chi connectivity index (χ1) is 6.74. The molecular weight excluding hydrogens is 200 g/mol. The lowest BCUT2D eigenvalue weighted by molar-refractivity contribution is 0.298. The Hall–Kier alpha value is -0.810. The Balaban J connectivity index is 2.57. The molecule has 0 aromatic carbocycles. The summed E-state index contributed by atoms with van der Waals surface area (Å²) in [5.74, 6) is 0.921. The molecule has 0 aliphatic carbocycles. The average Bonchev–Trinajstić information content (AvgIpc) is 2.60. The van der Waals surface area contributed by atoms with E-state index in [9.17, 15) is 4.79 Å². The van der Waals surface area contributed by atoms with Crippen LogP contribution in [-0.2, 0) is 13.0 Å². The van der Waals surface area contributed by atoms with Crippen molar-refractivity contribution in [2.24, 2.45) is 0 Å². The highest BCUT2D eigenvalue weighted by Gasteiger charge is 2.18. The summed E-state index contributed by atoms with van der Waals surface area (Å²) in [4.78, 5) is 16.2. The third-order valence-corrected chi connectivity index (χ3v) is 3.30. The van der Waals surface area contributed by atoms with Gasteiger partial charge in [-0.05, 0) is 6.92 Å². The smallest absolute Gasteiger partial charge is 0.257 e. The monoisotopic (exact) mass is 212 g/mol. The van der Waals surface area contributed by atoms with Crippen molar-refractivity contribution >= 4 is 11.8 Å². The Morgan fingerprint density at radius 1 is 1.64 bits per heavy atom. The van der Waals surface area contributed by atoms with Crippen molar-refractivity contribution in [1.29, 1.82) is 0 Å². The van der Waals surface area contributed by atoms with Gasteiger partial charge in [-0.15, -0.1) is 0 Å². The number of aliphatic hydroxyl groups is 1. The number of rotatable bonds is 2. The van der Waals surface area contributed by atoms with Crippen LogP contribution in [0.2, 0.25) is 0 Å². The van der Waals surface area contributed by atoms with Gasteiger partial charge in [-0.1, -0.05) is 11.8 Å². The first-order valence-electron chi connectivity index (χ1n) is 4.58. The first-order valence-corrected chi connectivity index (χ1v) is 5.56. The van der Waals surface area contributed by atoms with E-state index in [2.05, 4.69) is 4.98 Å². The number of nitrogens with zero attached hydrogens (tertiary/aromatic N) is 2. The lowest BCUT2D eigenvalue weighted by atomic mass is 10.2. The van der Waals surface area contributed by atoms with E-state index in [0.717, 1.165) is 23.1 Å². The van der Waals surface area contributed by atoms with Crippen molar-refractivity contribution in [3.63, 3.8) is 0 Å². The van der Waals surface area contributed by atoms with Gasteiger partial charge in [-0.2, -0.15) is 0 Å². The molecule has 2 rings (SSSR count). The van der Waals surface area contributed by atoms with Crippen LogP contribution in [0, 0.1) is 6.92 Å². The van der Waals surface area contributed by atoms with Crippen LogP contribution in [0.3, 0.4) is 0 Å². The molecule has 0 fully saturated rings. The molecule has 0 atom stereocenters. The molecule has 0 spiro atoms. The highest BCUT2D eigenvalue weighted by molar-refractivity contribution is 7.99. The number of fused-ring (bicyclic) bond motifs is 1. The third-order valence-electron chi connectivity index (χ3n) is 2.34. The Morgan fingerprint density at radius 3 is 3.14 bits per heavy atom. The Morgan fingerprint density at radius 2 is 2.43 bits per heavy atom. The number of aromatic nitrogens is 2. The quantitative estimate of drug-likeness (QED) is 0.711. The number of hydrogen-bond donors (Lipinski definition) is 1. The lowest BCUT2D eigenvalue weighted by Gasteiger charge is -2.07. The van der Waals surface area contributed by atoms with Gasteiger partial charge in [0.1, 0.15) is 0 Å². The summed E-state index contributed by atoms with van der Waals surface area (Å²) in [5, 5.41) is 9.65. The van der Waals surface area contributed by atoms with Gasteiger partial charge in [-0.3, -0.25) is 9.36 Å². The number of aliphatic hydroxyl groups excluding tert-OH is 1. The van der Waals surface area contributed by atoms with Gasteiger partial charge in [0.25, 0.3) is 5.56 Å². The third kappa shape index (κ3) is 1.46. The molecule has 76 valence electrons. The molecule has 5 heteroatoms. The molecule has 0 bridgehead atoms. The maximum atomic E-state index is 11.9. The van der Waals surface area contributed by atoms with E-state index in [-0.39, 0.29) is 12.2 Å². The maximum absolute atomic E-state index is 11.9. The Labute approximate surface area is 86.0 Å². The Bertz CT molecular complexity index is 414. The van der Waals surface area contributed by atoms with Gasteiger partial charge in [0, 0.05) is 36.6 Å². The van der Waals surface area contributed by atoms with Crippen LogP contribution in [0.5, 0.6) is 0 Å². The normalized spacial score (nSPS) is 14.4. The molecular formula is C9H12N2O2S. The summed E-state index contributed by atoms with van der Waals surface area (Å²) in [7, 11) is 0. The fourth-order valence-electron chi connectivity index (χ4n) is 1.61. The summed E-state index contributed by atoms with van der Waals surface area (Å²) in [6, 6.07) is 0. The molecule has 0 saturated carbocycles. The molecule has 0 saturated heterocycles. The average molecular weight is 212 g/mol. The first kappa shape index (κ1) is 9.73. The lowest BCUT2D eigenvalue weighted by Crippen LogP contribution is -2.26. The van der Waals surface area contributed by atoms with Crippen LogP contribution < -0.4 is 5.56 Å². The van der Waals surface area contributed by atoms with Crippen molar-refractivity contribution in [2.75, 3.05) is 12.4 Å². The zero-order valence-electron chi connectivity index (χ0n) is 7.99.